The summed E-state index contributed by atoms with van der Waals surface area (Å²) in [4.78, 5) is 32.8. The highest BCUT2D eigenvalue weighted by Crippen LogP contribution is 2.23. The normalized spacial score (nSPS) is 10.5. The van der Waals surface area contributed by atoms with E-state index < -0.39 is 15.8 Å². The van der Waals surface area contributed by atoms with Crippen LogP contribution in [0.4, 0.5) is 17.1 Å². The summed E-state index contributed by atoms with van der Waals surface area (Å²) in [6, 6.07) is 4.13. The van der Waals surface area contributed by atoms with Crippen LogP contribution in [0.3, 0.4) is 0 Å². The number of aryl methyl sites for hydroxylation is 2. The minimum atomic E-state index is -0.556. The molecular weight excluding hydrogens is 318 g/mol. The molecule has 0 spiro atoms. The van der Waals surface area contributed by atoms with Crippen molar-refractivity contribution in [3.8, 4) is 0 Å². The molecule has 0 saturated carbocycles. The standard InChI is InChI=1S/C14H15N5O5/c1-8-4-5-11(18(21)22)6-12(8)15-13(20)7-17-10(3)14(19(23)24)9(2)16-17/h4-6H,7H2,1-3H3,(H,15,20). The van der Waals surface area contributed by atoms with E-state index in [0.717, 1.165) is 0 Å². The van der Waals surface area contributed by atoms with Crippen molar-refractivity contribution in [2.75, 3.05) is 5.32 Å². The quantitative estimate of drug-likeness (QED) is 0.659. The van der Waals surface area contributed by atoms with Crippen molar-refractivity contribution in [3.05, 3.63) is 55.4 Å². The van der Waals surface area contributed by atoms with E-state index in [2.05, 4.69) is 10.4 Å². The van der Waals surface area contributed by atoms with Gasteiger partial charge in [-0.15, -0.1) is 0 Å². The van der Waals surface area contributed by atoms with Gasteiger partial charge in [-0.3, -0.25) is 29.7 Å². The van der Waals surface area contributed by atoms with Crippen LogP contribution in [0.15, 0.2) is 18.2 Å². The molecule has 1 amide bonds. The van der Waals surface area contributed by atoms with E-state index in [4.69, 9.17) is 0 Å². The van der Waals surface area contributed by atoms with E-state index in [1.165, 1.54) is 36.7 Å². The van der Waals surface area contributed by atoms with E-state index >= 15 is 0 Å². The number of nitrogens with zero attached hydrogens (tertiary/aromatic N) is 4. The number of hydrogen-bond donors (Lipinski definition) is 1. The number of nitro groups is 2. The summed E-state index contributed by atoms with van der Waals surface area (Å²) < 4.78 is 1.23. The lowest BCUT2D eigenvalue weighted by molar-refractivity contribution is -0.386. The highest BCUT2D eigenvalue weighted by Gasteiger charge is 2.23. The van der Waals surface area contributed by atoms with Crippen LogP contribution in [0.1, 0.15) is 17.0 Å². The third kappa shape index (κ3) is 3.37. The molecule has 0 radical (unpaired) electrons. The second-order valence-electron chi connectivity index (χ2n) is 5.24. The summed E-state index contributed by atoms with van der Waals surface area (Å²) in [5, 5.41) is 28.3. The highest BCUT2D eigenvalue weighted by atomic mass is 16.6. The molecule has 1 N–H and O–H groups in total. The predicted molar refractivity (Wildman–Crippen MR) is 84.8 cm³/mol. The SMILES string of the molecule is Cc1ccc([N+](=O)[O-])cc1NC(=O)Cn1nc(C)c([N+](=O)[O-])c1C. The predicted octanol–water partition coefficient (Wildman–Crippen LogP) is 2.26. The number of rotatable bonds is 5. The highest BCUT2D eigenvalue weighted by molar-refractivity contribution is 5.91. The molecule has 0 fully saturated rings. The van der Waals surface area contributed by atoms with Crippen molar-refractivity contribution in [2.45, 2.75) is 27.3 Å². The van der Waals surface area contributed by atoms with Gasteiger partial charge in [0.1, 0.15) is 17.9 Å². The van der Waals surface area contributed by atoms with Gasteiger partial charge in [0.25, 0.3) is 5.69 Å². The fraction of sp³-hybridized carbons (Fsp3) is 0.286. The summed E-state index contributed by atoms with van der Waals surface area (Å²) in [5.74, 6) is -0.487. The van der Waals surface area contributed by atoms with Crippen molar-refractivity contribution >= 4 is 23.0 Å². The Kier molecular flexibility index (Phi) is 4.58. The van der Waals surface area contributed by atoms with Gasteiger partial charge >= 0.3 is 5.69 Å². The van der Waals surface area contributed by atoms with Crippen LogP contribution in [-0.4, -0.2) is 25.5 Å². The molecule has 1 heterocycles. The summed E-state index contributed by atoms with van der Waals surface area (Å²) in [6.45, 7) is 4.46. The molecule has 10 nitrogen and oxygen atoms in total. The van der Waals surface area contributed by atoms with Crippen molar-refractivity contribution in [2.24, 2.45) is 0 Å². The molecule has 1 aromatic carbocycles. The Morgan fingerprint density at radius 3 is 2.42 bits per heavy atom. The molecule has 10 heteroatoms. The third-order valence-corrected chi connectivity index (χ3v) is 3.53. The Balaban J connectivity index is 2.20. The van der Waals surface area contributed by atoms with E-state index in [9.17, 15) is 25.0 Å². The summed E-state index contributed by atoms with van der Waals surface area (Å²) >= 11 is 0. The first-order chi connectivity index (χ1) is 11.2. The number of aromatic nitrogens is 2. The zero-order chi connectivity index (χ0) is 18.0. The Labute approximate surface area is 136 Å². The molecule has 0 aliphatic rings. The average Bonchev–Trinajstić information content (AvgIpc) is 2.75. The van der Waals surface area contributed by atoms with E-state index in [1.54, 1.807) is 6.92 Å². The van der Waals surface area contributed by atoms with Crippen LogP contribution in [0.2, 0.25) is 0 Å². The fourth-order valence-electron chi connectivity index (χ4n) is 2.29. The summed E-state index contributed by atoms with van der Waals surface area (Å²) in [6.07, 6.45) is 0. The maximum absolute atomic E-state index is 12.1. The van der Waals surface area contributed by atoms with Gasteiger partial charge in [0.15, 0.2) is 0 Å². The smallest absolute Gasteiger partial charge is 0.312 e. The van der Waals surface area contributed by atoms with Gasteiger partial charge in [-0.2, -0.15) is 5.10 Å². The van der Waals surface area contributed by atoms with Crippen LogP contribution in [0.25, 0.3) is 0 Å². The van der Waals surface area contributed by atoms with Gasteiger partial charge in [0, 0.05) is 12.1 Å². The second kappa shape index (κ2) is 6.44. The third-order valence-electron chi connectivity index (χ3n) is 3.53. The molecule has 0 aliphatic carbocycles. The van der Waals surface area contributed by atoms with E-state index in [0.29, 0.717) is 11.3 Å². The van der Waals surface area contributed by atoms with Crippen LogP contribution < -0.4 is 5.32 Å². The second-order valence-corrected chi connectivity index (χ2v) is 5.24. The molecular formula is C14H15N5O5. The first kappa shape index (κ1) is 17.1. The molecule has 0 atom stereocenters. The van der Waals surface area contributed by atoms with Gasteiger partial charge < -0.3 is 5.32 Å². The molecule has 0 saturated heterocycles. The molecule has 126 valence electrons. The Morgan fingerprint density at radius 1 is 1.21 bits per heavy atom. The Bertz CT molecular complexity index is 842. The number of hydrogen-bond acceptors (Lipinski definition) is 6. The number of carbonyl (C=O) groups is 1. The fourth-order valence-corrected chi connectivity index (χ4v) is 2.29. The minimum Gasteiger partial charge on any atom is -0.324 e. The van der Waals surface area contributed by atoms with Crippen LogP contribution in [-0.2, 0) is 11.3 Å². The lowest BCUT2D eigenvalue weighted by Crippen LogP contribution is -2.21. The number of nitrogens with one attached hydrogen (secondary N) is 1. The molecule has 0 unspecified atom stereocenters. The van der Waals surface area contributed by atoms with Crippen LogP contribution in [0, 0.1) is 41.0 Å². The minimum absolute atomic E-state index is 0.130. The molecule has 0 bridgehead atoms. The van der Waals surface area contributed by atoms with E-state index in [-0.39, 0.29) is 29.3 Å². The van der Waals surface area contributed by atoms with Crippen LogP contribution in [0.5, 0.6) is 0 Å². The van der Waals surface area contributed by atoms with Crippen molar-refractivity contribution in [1.29, 1.82) is 0 Å². The number of anilines is 1. The monoisotopic (exact) mass is 333 g/mol. The lowest BCUT2D eigenvalue weighted by atomic mass is 10.2. The van der Waals surface area contributed by atoms with Gasteiger partial charge in [-0.1, -0.05) is 6.07 Å². The number of amides is 1. The zero-order valence-electron chi connectivity index (χ0n) is 13.3. The average molecular weight is 333 g/mol. The number of nitro benzene ring substituents is 1. The zero-order valence-corrected chi connectivity index (χ0v) is 13.3. The molecule has 1 aromatic heterocycles. The lowest BCUT2D eigenvalue weighted by Gasteiger charge is -2.09. The van der Waals surface area contributed by atoms with E-state index in [1.807, 2.05) is 0 Å². The topological polar surface area (TPSA) is 133 Å². The van der Waals surface area contributed by atoms with Gasteiger partial charge in [-0.25, -0.2) is 0 Å². The first-order valence-corrected chi connectivity index (χ1v) is 6.94. The number of non-ortho nitro benzene ring substituents is 1. The van der Waals surface area contributed by atoms with Crippen LogP contribution >= 0.6 is 0 Å². The van der Waals surface area contributed by atoms with Gasteiger partial charge in [0.05, 0.1) is 15.5 Å². The summed E-state index contributed by atoms with van der Waals surface area (Å²) in [5.41, 5.74) is 1.19. The number of carbonyl (C=O) groups excluding carboxylic acids is 1. The largest absolute Gasteiger partial charge is 0.324 e. The van der Waals surface area contributed by atoms with Crippen molar-refractivity contribution < 1.29 is 14.6 Å². The molecule has 0 aliphatic heterocycles. The Morgan fingerprint density at radius 2 is 1.88 bits per heavy atom. The van der Waals surface area contributed by atoms with Gasteiger partial charge in [0.2, 0.25) is 5.91 Å². The molecule has 2 rings (SSSR count). The molecule has 2 aromatic rings. The van der Waals surface area contributed by atoms with Crippen molar-refractivity contribution in [3.63, 3.8) is 0 Å². The van der Waals surface area contributed by atoms with Crippen molar-refractivity contribution in [1.82, 2.24) is 9.78 Å². The summed E-state index contributed by atoms with van der Waals surface area (Å²) in [7, 11) is 0. The Hall–Kier alpha value is -3.30. The maximum atomic E-state index is 12.1. The maximum Gasteiger partial charge on any atom is 0.312 e. The molecule has 24 heavy (non-hydrogen) atoms. The number of benzene rings is 1. The van der Waals surface area contributed by atoms with Gasteiger partial charge in [-0.05, 0) is 26.3 Å². The first-order valence-electron chi connectivity index (χ1n) is 6.94.